The van der Waals surface area contributed by atoms with Crippen molar-refractivity contribution in [3.63, 3.8) is 0 Å². The molecule has 0 aromatic carbocycles. The number of rotatable bonds is 4. The maximum Gasteiger partial charge on any atom is 0.193 e. The average Bonchev–Trinajstić information content (AvgIpc) is 2.09. The molecule has 1 atom stereocenters. The van der Waals surface area contributed by atoms with Gasteiger partial charge in [-0.25, -0.2) is 0 Å². The van der Waals surface area contributed by atoms with Gasteiger partial charge in [0.05, 0.1) is 6.61 Å². The lowest BCUT2D eigenvalue weighted by Crippen LogP contribution is -2.40. The van der Waals surface area contributed by atoms with Crippen LogP contribution in [-0.4, -0.2) is 26.1 Å². The molecule has 0 aliphatic carbocycles. The summed E-state index contributed by atoms with van der Waals surface area (Å²) in [5.74, 6) is 6.24. The van der Waals surface area contributed by atoms with E-state index in [1.165, 1.54) is 0 Å². The van der Waals surface area contributed by atoms with E-state index in [0.29, 0.717) is 12.5 Å². The molecule has 0 amide bonds. The molecule has 0 aliphatic heterocycles. The molecular formula is C14H28O2Si. The Labute approximate surface area is 108 Å². The summed E-state index contributed by atoms with van der Waals surface area (Å²) in [6, 6.07) is 0. The van der Waals surface area contributed by atoms with Gasteiger partial charge in [-0.1, -0.05) is 46.5 Å². The molecule has 1 N–H and O–H groups in total. The normalized spacial score (nSPS) is 14.4. The van der Waals surface area contributed by atoms with E-state index in [-0.39, 0.29) is 5.04 Å². The largest absolute Gasteiger partial charge is 0.406 e. The first-order valence-corrected chi connectivity index (χ1v) is 9.27. The molecule has 0 saturated carbocycles. The maximum absolute atomic E-state index is 9.59. The molecule has 3 heteroatoms. The van der Waals surface area contributed by atoms with Crippen molar-refractivity contribution in [3.05, 3.63) is 0 Å². The smallest absolute Gasteiger partial charge is 0.193 e. The van der Waals surface area contributed by atoms with Gasteiger partial charge in [-0.2, -0.15) is 0 Å². The Bertz CT molecular complexity index is 279. The van der Waals surface area contributed by atoms with Crippen LogP contribution in [0, 0.1) is 17.8 Å². The zero-order valence-electron chi connectivity index (χ0n) is 12.4. The summed E-state index contributed by atoms with van der Waals surface area (Å²) in [6.07, 6.45) is 0.214. The van der Waals surface area contributed by atoms with Gasteiger partial charge in [0.2, 0.25) is 0 Å². The summed E-state index contributed by atoms with van der Waals surface area (Å²) in [5.41, 5.74) is 0. The zero-order chi connectivity index (χ0) is 13.7. The van der Waals surface area contributed by atoms with Crippen LogP contribution in [0.15, 0.2) is 0 Å². The van der Waals surface area contributed by atoms with E-state index in [1.807, 2.05) is 0 Å². The summed E-state index contributed by atoms with van der Waals surface area (Å²) < 4.78 is 5.90. The minimum absolute atomic E-state index is 0.214. The van der Waals surface area contributed by atoms with Crippen LogP contribution in [0.4, 0.5) is 0 Å². The maximum atomic E-state index is 9.59. The van der Waals surface area contributed by atoms with Crippen LogP contribution in [0.25, 0.3) is 0 Å². The molecule has 0 fully saturated rings. The quantitative estimate of drug-likeness (QED) is 0.617. The Morgan fingerprint density at radius 3 is 2.18 bits per heavy atom. The van der Waals surface area contributed by atoms with Crippen LogP contribution >= 0.6 is 0 Å². The lowest BCUT2D eigenvalue weighted by Gasteiger charge is -2.35. The van der Waals surface area contributed by atoms with Crippen molar-refractivity contribution in [2.45, 2.75) is 65.3 Å². The fourth-order valence-electron chi connectivity index (χ4n) is 1.10. The van der Waals surface area contributed by atoms with Gasteiger partial charge < -0.3 is 9.53 Å². The highest BCUT2D eigenvalue weighted by molar-refractivity contribution is 6.74. The molecule has 0 saturated heterocycles. The molecule has 17 heavy (non-hydrogen) atoms. The molecular weight excluding hydrogens is 228 g/mol. The molecule has 0 bridgehead atoms. The molecule has 0 spiro atoms. The molecule has 0 unspecified atom stereocenters. The van der Waals surface area contributed by atoms with Gasteiger partial charge in [0.1, 0.15) is 6.10 Å². The van der Waals surface area contributed by atoms with Crippen molar-refractivity contribution in [2.24, 2.45) is 5.92 Å². The summed E-state index contributed by atoms with van der Waals surface area (Å²) in [4.78, 5) is 0. The Morgan fingerprint density at radius 1 is 1.24 bits per heavy atom. The Kier molecular flexibility index (Phi) is 6.46. The lowest BCUT2D eigenvalue weighted by atomic mass is 10.1. The fourth-order valence-corrected chi connectivity index (χ4v) is 1.96. The fraction of sp³-hybridized carbons (Fsp3) is 0.857. The van der Waals surface area contributed by atoms with Gasteiger partial charge >= 0.3 is 0 Å². The van der Waals surface area contributed by atoms with Gasteiger partial charge in [0, 0.05) is 0 Å². The number of hydrogen-bond donors (Lipinski definition) is 1. The first-order chi connectivity index (χ1) is 7.56. The van der Waals surface area contributed by atoms with E-state index in [1.54, 1.807) is 0 Å². The third kappa shape index (κ3) is 6.87. The van der Waals surface area contributed by atoms with Gasteiger partial charge in [0.15, 0.2) is 8.32 Å². The van der Waals surface area contributed by atoms with Crippen LogP contribution < -0.4 is 0 Å². The standard InChI is InChI=1S/C14H28O2Si/c1-12(2)11-13(15)9-8-10-16-17(6,7)14(3,4)5/h12-13,15H,10-11H2,1-7H3/t13-/m1/s1. The summed E-state index contributed by atoms with van der Waals surface area (Å²) in [5, 5.41) is 9.80. The van der Waals surface area contributed by atoms with Crippen molar-refractivity contribution in [3.8, 4) is 11.8 Å². The Balaban J connectivity index is 4.12. The average molecular weight is 256 g/mol. The molecule has 2 nitrogen and oxygen atoms in total. The van der Waals surface area contributed by atoms with Crippen molar-refractivity contribution in [1.29, 1.82) is 0 Å². The molecule has 0 aromatic heterocycles. The second-order valence-corrected chi connectivity index (χ2v) is 11.3. The van der Waals surface area contributed by atoms with Gasteiger partial charge in [-0.05, 0) is 30.5 Å². The molecule has 0 heterocycles. The van der Waals surface area contributed by atoms with E-state index in [0.717, 1.165) is 6.42 Å². The Hall–Kier alpha value is -0.303. The Morgan fingerprint density at radius 2 is 1.76 bits per heavy atom. The van der Waals surface area contributed by atoms with Gasteiger partial charge in [-0.15, -0.1) is 0 Å². The highest BCUT2D eigenvalue weighted by Gasteiger charge is 2.36. The van der Waals surface area contributed by atoms with Crippen molar-refractivity contribution >= 4 is 8.32 Å². The minimum atomic E-state index is -1.69. The highest BCUT2D eigenvalue weighted by atomic mass is 28.4. The minimum Gasteiger partial charge on any atom is -0.406 e. The monoisotopic (exact) mass is 256 g/mol. The lowest BCUT2D eigenvalue weighted by molar-refractivity contribution is 0.203. The van der Waals surface area contributed by atoms with Crippen molar-refractivity contribution < 1.29 is 9.53 Å². The predicted molar refractivity (Wildman–Crippen MR) is 76.4 cm³/mol. The van der Waals surface area contributed by atoms with Crippen molar-refractivity contribution in [1.82, 2.24) is 0 Å². The number of aliphatic hydroxyl groups excluding tert-OH is 1. The first-order valence-electron chi connectivity index (χ1n) is 6.36. The van der Waals surface area contributed by atoms with E-state index in [4.69, 9.17) is 4.43 Å². The highest BCUT2D eigenvalue weighted by Crippen LogP contribution is 2.36. The molecule has 0 aliphatic rings. The first kappa shape index (κ1) is 16.7. The summed E-state index contributed by atoms with van der Waals surface area (Å²) >= 11 is 0. The zero-order valence-corrected chi connectivity index (χ0v) is 13.4. The molecule has 0 rings (SSSR count). The summed E-state index contributed by atoms with van der Waals surface area (Å²) in [6.45, 7) is 15.6. The van der Waals surface area contributed by atoms with Crippen LogP contribution in [0.3, 0.4) is 0 Å². The van der Waals surface area contributed by atoms with Crippen LogP contribution in [0.1, 0.15) is 41.0 Å². The second-order valence-electron chi connectivity index (χ2n) is 6.52. The van der Waals surface area contributed by atoms with Gasteiger partial charge in [0.25, 0.3) is 0 Å². The molecule has 100 valence electrons. The van der Waals surface area contributed by atoms with Crippen molar-refractivity contribution in [2.75, 3.05) is 6.61 Å². The van der Waals surface area contributed by atoms with Crippen LogP contribution in [0.5, 0.6) is 0 Å². The van der Waals surface area contributed by atoms with Crippen LogP contribution in [-0.2, 0) is 4.43 Å². The second kappa shape index (κ2) is 6.58. The molecule has 0 aromatic rings. The van der Waals surface area contributed by atoms with E-state index in [2.05, 4.69) is 59.6 Å². The number of hydrogen-bond acceptors (Lipinski definition) is 2. The predicted octanol–water partition coefficient (Wildman–Crippen LogP) is 3.42. The van der Waals surface area contributed by atoms with E-state index < -0.39 is 14.4 Å². The summed E-state index contributed by atoms with van der Waals surface area (Å²) in [7, 11) is -1.69. The SMILES string of the molecule is CC(C)C[C@H](O)C#CCO[Si](C)(C)C(C)(C)C. The van der Waals surface area contributed by atoms with Gasteiger partial charge in [-0.3, -0.25) is 0 Å². The third-order valence-corrected chi connectivity index (χ3v) is 7.75. The third-order valence-electron chi connectivity index (χ3n) is 3.27. The molecule has 0 radical (unpaired) electrons. The number of aliphatic hydroxyl groups is 1. The van der Waals surface area contributed by atoms with E-state index >= 15 is 0 Å². The van der Waals surface area contributed by atoms with E-state index in [9.17, 15) is 5.11 Å². The topological polar surface area (TPSA) is 29.5 Å². The van der Waals surface area contributed by atoms with Crippen LogP contribution in [0.2, 0.25) is 18.1 Å².